The van der Waals surface area contributed by atoms with Gasteiger partial charge in [0.2, 0.25) is 5.89 Å². The van der Waals surface area contributed by atoms with Gasteiger partial charge in [0, 0.05) is 17.5 Å². The summed E-state index contributed by atoms with van der Waals surface area (Å²) in [5.74, 6) is 2.13. The molecule has 1 atom stereocenters. The van der Waals surface area contributed by atoms with Crippen molar-refractivity contribution in [2.24, 2.45) is 5.92 Å². The van der Waals surface area contributed by atoms with Gasteiger partial charge in [0.1, 0.15) is 5.01 Å². The van der Waals surface area contributed by atoms with Gasteiger partial charge in [0.25, 0.3) is 0 Å². The van der Waals surface area contributed by atoms with Crippen molar-refractivity contribution < 1.29 is 4.52 Å². The summed E-state index contributed by atoms with van der Waals surface area (Å²) in [7, 11) is 0. The van der Waals surface area contributed by atoms with Gasteiger partial charge in [-0.15, -0.1) is 11.3 Å². The number of aryl methyl sites for hydroxylation is 1. The van der Waals surface area contributed by atoms with E-state index in [1.54, 1.807) is 11.3 Å². The van der Waals surface area contributed by atoms with E-state index in [9.17, 15) is 0 Å². The molecule has 2 aromatic heterocycles. The first-order valence-corrected chi connectivity index (χ1v) is 7.61. The number of hydrogen-bond acceptors (Lipinski definition) is 6. The lowest BCUT2D eigenvalue weighted by Crippen LogP contribution is -2.30. The van der Waals surface area contributed by atoms with E-state index >= 15 is 0 Å². The Balaban J connectivity index is 1.59. The van der Waals surface area contributed by atoms with Crippen molar-refractivity contribution in [3.8, 4) is 0 Å². The standard InChI is InChI=1S/C13H18N4OS/c1-9-8-19-13(15-9)6-11-16-12(18-17-11)5-10-3-2-4-14-7-10/h8,10,14H,2-7H2,1H3. The topological polar surface area (TPSA) is 63.8 Å². The number of hydrogen-bond donors (Lipinski definition) is 1. The first-order valence-electron chi connectivity index (χ1n) is 6.73. The third kappa shape index (κ3) is 3.39. The Morgan fingerprint density at radius 3 is 3.16 bits per heavy atom. The largest absolute Gasteiger partial charge is 0.339 e. The molecule has 0 amide bonds. The van der Waals surface area contributed by atoms with Crippen molar-refractivity contribution in [3.05, 3.63) is 27.8 Å². The highest BCUT2D eigenvalue weighted by molar-refractivity contribution is 7.09. The maximum Gasteiger partial charge on any atom is 0.226 e. The van der Waals surface area contributed by atoms with Gasteiger partial charge in [0.15, 0.2) is 5.82 Å². The average Bonchev–Trinajstić information content (AvgIpc) is 3.01. The van der Waals surface area contributed by atoms with Crippen LogP contribution in [0.5, 0.6) is 0 Å². The second kappa shape index (κ2) is 5.79. The van der Waals surface area contributed by atoms with Gasteiger partial charge in [-0.25, -0.2) is 4.98 Å². The van der Waals surface area contributed by atoms with Crippen LogP contribution in [0.3, 0.4) is 0 Å². The van der Waals surface area contributed by atoms with E-state index in [4.69, 9.17) is 4.52 Å². The number of nitrogens with zero attached hydrogens (tertiary/aromatic N) is 3. The van der Waals surface area contributed by atoms with Crippen molar-refractivity contribution in [3.63, 3.8) is 0 Å². The number of aromatic nitrogens is 3. The molecule has 0 bridgehead atoms. The van der Waals surface area contributed by atoms with Crippen LogP contribution in [0.15, 0.2) is 9.90 Å². The van der Waals surface area contributed by atoms with Gasteiger partial charge in [-0.3, -0.25) is 0 Å². The summed E-state index contributed by atoms with van der Waals surface area (Å²) in [4.78, 5) is 8.89. The van der Waals surface area contributed by atoms with Gasteiger partial charge in [-0.1, -0.05) is 5.16 Å². The minimum absolute atomic E-state index is 0.629. The maximum absolute atomic E-state index is 5.33. The van der Waals surface area contributed by atoms with Crippen LogP contribution in [-0.2, 0) is 12.8 Å². The van der Waals surface area contributed by atoms with Gasteiger partial charge in [0.05, 0.1) is 6.42 Å². The van der Waals surface area contributed by atoms with E-state index in [2.05, 4.69) is 20.4 Å². The first kappa shape index (κ1) is 12.7. The molecule has 0 spiro atoms. The Hall–Kier alpha value is -1.27. The molecule has 0 aliphatic carbocycles. The third-order valence-electron chi connectivity index (χ3n) is 3.35. The molecule has 1 aliphatic heterocycles. The lowest BCUT2D eigenvalue weighted by Gasteiger charge is -2.20. The van der Waals surface area contributed by atoms with E-state index in [-0.39, 0.29) is 0 Å². The molecule has 0 saturated carbocycles. The van der Waals surface area contributed by atoms with Gasteiger partial charge < -0.3 is 9.84 Å². The molecule has 0 aromatic carbocycles. The second-order valence-corrected chi connectivity index (χ2v) is 6.02. The van der Waals surface area contributed by atoms with E-state index in [1.165, 1.54) is 12.8 Å². The van der Waals surface area contributed by atoms with E-state index in [0.29, 0.717) is 12.3 Å². The Bertz CT molecular complexity index is 530. The van der Waals surface area contributed by atoms with Crippen molar-refractivity contribution in [2.45, 2.75) is 32.6 Å². The zero-order valence-electron chi connectivity index (χ0n) is 11.1. The molecule has 102 valence electrons. The molecular weight excluding hydrogens is 260 g/mol. The SMILES string of the molecule is Cc1csc(Cc2noc(CC3CCCNC3)n2)n1. The van der Waals surface area contributed by atoms with Gasteiger partial charge in [-0.2, -0.15) is 4.98 Å². The molecule has 1 unspecified atom stereocenters. The summed E-state index contributed by atoms with van der Waals surface area (Å²) >= 11 is 1.65. The fourth-order valence-corrected chi connectivity index (χ4v) is 3.18. The summed E-state index contributed by atoms with van der Waals surface area (Å²) in [6, 6.07) is 0. The van der Waals surface area contributed by atoms with Crippen LogP contribution in [0.4, 0.5) is 0 Å². The summed E-state index contributed by atoms with van der Waals surface area (Å²) < 4.78 is 5.33. The molecule has 1 saturated heterocycles. The van der Waals surface area contributed by atoms with Crippen LogP contribution in [0.1, 0.15) is 35.3 Å². The molecule has 19 heavy (non-hydrogen) atoms. The number of piperidine rings is 1. The van der Waals surface area contributed by atoms with Crippen LogP contribution >= 0.6 is 11.3 Å². The molecule has 1 N–H and O–H groups in total. The van der Waals surface area contributed by atoms with Crippen LogP contribution < -0.4 is 5.32 Å². The zero-order valence-corrected chi connectivity index (χ0v) is 11.9. The monoisotopic (exact) mass is 278 g/mol. The maximum atomic E-state index is 5.33. The molecule has 5 nitrogen and oxygen atoms in total. The lowest BCUT2D eigenvalue weighted by atomic mass is 9.96. The van der Waals surface area contributed by atoms with Gasteiger partial charge >= 0.3 is 0 Å². The van der Waals surface area contributed by atoms with Crippen molar-refractivity contribution >= 4 is 11.3 Å². The fraction of sp³-hybridized carbons (Fsp3) is 0.615. The van der Waals surface area contributed by atoms with Crippen molar-refractivity contribution in [2.75, 3.05) is 13.1 Å². The van der Waals surface area contributed by atoms with Gasteiger partial charge in [-0.05, 0) is 38.8 Å². The van der Waals surface area contributed by atoms with E-state index in [0.717, 1.165) is 41.9 Å². The molecular formula is C13H18N4OS. The van der Waals surface area contributed by atoms with Crippen molar-refractivity contribution in [1.82, 2.24) is 20.4 Å². The second-order valence-electron chi connectivity index (χ2n) is 5.08. The molecule has 1 aliphatic rings. The van der Waals surface area contributed by atoms with Crippen LogP contribution in [0, 0.1) is 12.8 Å². The van der Waals surface area contributed by atoms with Crippen LogP contribution in [0.2, 0.25) is 0 Å². The lowest BCUT2D eigenvalue weighted by molar-refractivity contribution is 0.314. The fourth-order valence-electron chi connectivity index (χ4n) is 2.41. The molecule has 2 aromatic rings. The molecule has 1 fully saturated rings. The Morgan fingerprint density at radius 1 is 1.47 bits per heavy atom. The predicted octanol–water partition coefficient (Wildman–Crippen LogP) is 1.97. The minimum atomic E-state index is 0.629. The highest BCUT2D eigenvalue weighted by Gasteiger charge is 2.17. The number of nitrogens with one attached hydrogen (secondary N) is 1. The highest BCUT2D eigenvalue weighted by atomic mass is 32.1. The summed E-state index contributed by atoms with van der Waals surface area (Å²) in [5, 5.41) is 10.5. The zero-order chi connectivity index (χ0) is 13.1. The first-order chi connectivity index (χ1) is 9.29. The van der Waals surface area contributed by atoms with E-state index < -0.39 is 0 Å². The molecule has 3 rings (SSSR count). The van der Waals surface area contributed by atoms with Crippen LogP contribution in [-0.4, -0.2) is 28.2 Å². The highest BCUT2D eigenvalue weighted by Crippen LogP contribution is 2.17. The third-order valence-corrected chi connectivity index (χ3v) is 4.31. The predicted molar refractivity (Wildman–Crippen MR) is 73.3 cm³/mol. The Morgan fingerprint density at radius 2 is 2.42 bits per heavy atom. The Kier molecular flexibility index (Phi) is 3.89. The van der Waals surface area contributed by atoms with E-state index in [1.807, 2.05) is 12.3 Å². The summed E-state index contributed by atoms with van der Waals surface area (Å²) in [6.07, 6.45) is 4.04. The molecule has 3 heterocycles. The number of thiazole rings is 1. The normalized spacial score (nSPS) is 19.7. The quantitative estimate of drug-likeness (QED) is 0.926. The number of rotatable bonds is 4. The smallest absolute Gasteiger partial charge is 0.226 e. The Labute approximate surface area is 116 Å². The van der Waals surface area contributed by atoms with Crippen LogP contribution in [0.25, 0.3) is 0 Å². The summed E-state index contributed by atoms with van der Waals surface area (Å²) in [5.41, 5.74) is 1.05. The average molecular weight is 278 g/mol. The van der Waals surface area contributed by atoms with Crippen molar-refractivity contribution in [1.29, 1.82) is 0 Å². The summed E-state index contributed by atoms with van der Waals surface area (Å²) in [6.45, 7) is 4.19. The molecule has 6 heteroatoms. The minimum Gasteiger partial charge on any atom is -0.339 e. The molecule has 0 radical (unpaired) electrons.